The summed E-state index contributed by atoms with van der Waals surface area (Å²) in [4.78, 5) is 11.2. The Kier molecular flexibility index (Phi) is 3.20. The number of nitrogens with two attached hydrogens (primary N) is 1. The summed E-state index contributed by atoms with van der Waals surface area (Å²) in [5, 5.41) is 9.25. The maximum Gasteiger partial charge on any atom is 0.113 e. The number of hydrogen-bond acceptors (Lipinski definition) is 5. The molecule has 2 N–H and O–H groups in total. The third-order valence-electron chi connectivity index (χ3n) is 4.87. The Morgan fingerprint density at radius 1 is 1.09 bits per heavy atom. The van der Waals surface area contributed by atoms with E-state index < -0.39 is 0 Å². The van der Waals surface area contributed by atoms with Gasteiger partial charge < -0.3 is 10.6 Å². The van der Waals surface area contributed by atoms with Crippen molar-refractivity contribution >= 4 is 16.7 Å². The fourth-order valence-corrected chi connectivity index (χ4v) is 3.67. The molecule has 1 aliphatic heterocycles. The first-order valence-electron chi connectivity index (χ1n) is 7.90. The number of benzene rings is 1. The van der Waals surface area contributed by atoms with Crippen LogP contribution in [0.3, 0.4) is 0 Å². The lowest BCUT2D eigenvalue weighted by molar-refractivity contribution is 0.342. The zero-order chi connectivity index (χ0) is 15.1. The summed E-state index contributed by atoms with van der Waals surface area (Å²) in [7, 11) is 0. The van der Waals surface area contributed by atoms with Crippen LogP contribution in [0.15, 0.2) is 24.5 Å². The molecule has 1 saturated carbocycles. The topological polar surface area (TPSA) is 78.8 Å². The lowest BCUT2D eigenvalue weighted by atomic mass is 9.90. The normalized spacial score (nSPS) is 25.2. The van der Waals surface area contributed by atoms with Crippen LogP contribution in [-0.4, -0.2) is 29.1 Å². The molecule has 1 aromatic heterocycles. The van der Waals surface area contributed by atoms with E-state index in [1.54, 1.807) is 12.4 Å². The Labute approximate surface area is 129 Å². The zero-order valence-corrected chi connectivity index (χ0v) is 12.4. The second-order valence-electron chi connectivity index (χ2n) is 6.50. The SMILES string of the molecule is N#Cc1ccc(N2C[C@H](N)C[C@H](C3CC3)C2)c2nccnc12. The van der Waals surface area contributed by atoms with E-state index in [4.69, 9.17) is 5.73 Å². The fourth-order valence-electron chi connectivity index (χ4n) is 3.67. The number of anilines is 1. The predicted octanol–water partition coefficient (Wildman–Crippen LogP) is 2.07. The average molecular weight is 293 g/mol. The van der Waals surface area contributed by atoms with Crippen LogP contribution in [0, 0.1) is 23.2 Å². The van der Waals surface area contributed by atoms with Gasteiger partial charge >= 0.3 is 0 Å². The van der Waals surface area contributed by atoms with Crippen molar-refractivity contribution in [1.82, 2.24) is 9.97 Å². The third-order valence-corrected chi connectivity index (χ3v) is 4.87. The van der Waals surface area contributed by atoms with Gasteiger partial charge in [-0.1, -0.05) is 0 Å². The van der Waals surface area contributed by atoms with Crippen molar-refractivity contribution in [2.45, 2.75) is 25.3 Å². The van der Waals surface area contributed by atoms with Crippen molar-refractivity contribution in [1.29, 1.82) is 5.26 Å². The molecule has 0 amide bonds. The molecule has 1 saturated heterocycles. The number of nitrogens with zero attached hydrogens (tertiary/aromatic N) is 4. The molecule has 2 fully saturated rings. The molecule has 5 heteroatoms. The summed E-state index contributed by atoms with van der Waals surface area (Å²) in [5.41, 5.74) is 9.42. The summed E-state index contributed by atoms with van der Waals surface area (Å²) in [6.07, 6.45) is 7.15. The lowest BCUT2D eigenvalue weighted by Gasteiger charge is -2.38. The smallest absolute Gasteiger partial charge is 0.113 e. The summed E-state index contributed by atoms with van der Waals surface area (Å²) < 4.78 is 0. The summed E-state index contributed by atoms with van der Waals surface area (Å²) in [5.74, 6) is 1.54. The minimum absolute atomic E-state index is 0.210. The Balaban J connectivity index is 1.75. The maximum absolute atomic E-state index is 9.25. The van der Waals surface area contributed by atoms with Crippen molar-refractivity contribution in [3.8, 4) is 6.07 Å². The van der Waals surface area contributed by atoms with Crippen molar-refractivity contribution in [3.63, 3.8) is 0 Å². The van der Waals surface area contributed by atoms with E-state index in [1.807, 2.05) is 12.1 Å². The van der Waals surface area contributed by atoms with E-state index in [0.717, 1.165) is 36.6 Å². The average Bonchev–Trinajstić information content (AvgIpc) is 3.38. The van der Waals surface area contributed by atoms with E-state index in [0.29, 0.717) is 17.0 Å². The largest absolute Gasteiger partial charge is 0.368 e. The van der Waals surface area contributed by atoms with Crippen LogP contribution in [-0.2, 0) is 0 Å². The van der Waals surface area contributed by atoms with Gasteiger partial charge in [0, 0.05) is 31.5 Å². The minimum atomic E-state index is 0.210. The molecule has 5 nitrogen and oxygen atoms in total. The highest BCUT2D eigenvalue weighted by Crippen LogP contribution is 2.42. The van der Waals surface area contributed by atoms with Gasteiger partial charge in [-0.05, 0) is 43.2 Å². The molecule has 112 valence electrons. The Bertz CT molecular complexity index is 746. The van der Waals surface area contributed by atoms with Crippen LogP contribution in [0.1, 0.15) is 24.8 Å². The molecule has 0 radical (unpaired) electrons. The first-order valence-corrected chi connectivity index (χ1v) is 7.90. The van der Waals surface area contributed by atoms with Gasteiger partial charge in [0.15, 0.2) is 0 Å². The van der Waals surface area contributed by atoms with E-state index in [2.05, 4.69) is 20.9 Å². The molecule has 0 bridgehead atoms. The number of piperidine rings is 1. The predicted molar refractivity (Wildman–Crippen MR) is 85.3 cm³/mol. The van der Waals surface area contributed by atoms with Gasteiger partial charge in [0.2, 0.25) is 0 Å². The van der Waals surface area contributed by atoms with Crippen LogP contribution in [0.2, 0.25) is 0 Å². The summed E-state index contributed by atoms with van der Waals surface area (Å²) in [6.45, 7) is 1.89. The third kappa shape index (κ3) is 2.30. The first kappa shape index (κ1) is 13.5. The first-order chi connectivity index (χ1) is 10.8. The van der Waals surface area contributed by atoms with Crippen molar-refractivity contribution in [3.05, 3.63) is 30.1 Å². The molecular formula is C17H19N5. The van der Waals surface area contributed by atoms with Gasteiger partial charge in [0.05, 0.1) is 11.3 Å². The fraction of sp³-hybridized carbons (Fsp3) is 0.471. The molecule has 2 heterocycles. The second kappa shape index (κ2) is 5.22. The molecule has 2 aliphatic rings. The highest BCUT2D eigenvalue weighted by atomic mass is 15.2. The summed E-state index contributed by atoms with van der Waals surface area (Å²) >= 11 is 0. The van der Waals surface area contributed by atoms with E-state index >= 15 is 0 Å². The van der Waals surface area contributed by atoms with Crippen LogP contribution in [0.25, 0.3) is 11.0 Å². The molecule has 22 heavy (non-hydrogen) atoms. The van der Waals surface area contributed by atoms with E-state index in [1.165, 1.54) is 12.8 Å². The molecule has 2 aromatic rings. The van der Waals surface area contributed by atoms with Gasteiger partial charge in [-0.15, -0.1) is 0 Å². The van der Waals surface area contributed by atoms with Crippen LogP contribution < -0.4 is 10.6 Å². The minimum Gasteiger partial charge on any atom is -0.368 e. The van der Waals surface area contributed by atoms with Gasteiger partial charge in [-0.3, -0.25) is 9.97 Å². The van der Waals surface area contributed by atoms with Gasteiger partial charge in [0.25, 0.3) is 0 Å². The van der Waals surface area contributed by atoms with Crippen LogP contribution in [0.5, 0.6) is 0 Å². The molecule has 4 rings (SSSR count). The molecule has 0 unspecified atom stereocenters. The van der Waals surface area contributed by atoms with Crippen LogP contribution in [0.4, 0.5) is 5.69 Å². The number of hydrogen-bond donors (Lipinski definition) is 1. The molecule has 1 aliphatic carbocycles. The Hall–Kier alpha value is -2.19. The van der Waals surface area contributed by atoms with Gasteiger partial charge in [-0.2, -0.15) is 5.26 Å². The van der Waals surface area contributed by atoms with E-state index in [-0.39, 0.29) is 6.04 Å². The van der Waals surface area contributed by atoms with Gasteiger partial charge in [0.1, 0.15) is 17.1 Å². The summed E-state index contributed by atoms with van der Waals surface area (Å²) in [6, 6.07) is 6.25. The Morgan fingerprint density at radius 3 is 2.59 bits per heavy atom. The maximum atomic E-state index is 9.25. The monoisotopic (exact) mass is 293 g/mol. The Morgan fingerprint density at radius 2 is 1.86 bits per heavy atom. The quantitative estimate of drug-likeness (QED) is 0.917. The molecular weight excluding hydrogens is 274 g/mol. The lowest BCUT2D eigenvalue weighted by Crippen LogP contribution is -2.47. The number of aromatic nitrogens is 2. The molecule has 2 atom stereocenters. The van der Waals surface area contributed by atoms with Crippen LogP contribution >= 0.6 is 0 Å². The van der Waals surface area contributed by atoms with Crippen molar-refractivity contribution in [2.75, 3.05) is 18.0 Å². The highest BCUT2D eigenvalue weighted by molar-refractivity contribution is 5.92. The van der Waals surface area contributed by atoms with Crippen molar-refractivity contribution in [2.24, 2.45) is 17.6 Å². The second-order valence-corrected chi connectivity index (χ2v) is 6.50. The molecule has 0 spiro atoms. The molecule has 1 aromatic carbocycles. The van der Waals surface area contributed by atoms with E-state index in [9.17, 15) is 5.26 Å². The van der Waals surface area contributed by atoms with Gasteiger partial charge in [-0.25, -0.2) is 0 Å². The number of fused-ring (bicyclic) bond motifs is 1. The zero-order valence-electron chi connectivity index (χ0n) is 12.4. The number of rotatable bonds is 2. The standard InChI is InChI=1S/C17H19N5/c18-8-12-3-4-15(17-16(12)20-5-6-21-17)22-9-13(11-1-2-11)7-14(19)10-22/h3-6,11,13-14H,1-2,7,9-10,19H2/t13-,14+/m0/s1. The van der Waals surface area contributed by atoms with Crippen molar-refractivity contribution < 1.29 is 0 Å². The number of nitriles is 1. The highest BCUT2D eigenvalue weighted by Gasteiger charge is 2.37.